The van der Waals surface area contributed by atoms with E-state index in [1.54, 1.807) is 26.0 Å². The predicted octanol–water partition coefficient (Wildman–Crippen LogP) is 4.40. The van der Waals surface area contributed by atoms with Gasteiger partial charge in [0.1, 0.15) is 11.5 Å². The molecule has 5 heteroatoms. The number of benzene rings is 2. The highest BCUT2D eigenvalue weighted by molar-refractivity contribution is 7.98. The second-order valence-electron chi connectivity index (χ2n) is 5.32. The van der Waals surface area contributed by atoms with Crippen LogP contribution in [0.3, 0.4) is 0 Å². The molecule has 0 aliphatic heterocycles. The third-order valence-corrected chi connectivity index (χ3v) is 4.95. The van der Waals surface area contributed by atoms with Crippen molar-refractivity contribution >= 4 is 11.8 Å². The predicted molar refractivity (Wildman–Crippen MR) is 97.8 cm³/mol. The van der Waals surface area contributed by atoms with Gasteiger partial charge in [0.05, 0.1) is 26.1 Å². The SMILES string of the molecule is COc1ccc(OC)c(CSc2ncc(-c3ccccc3)n2C)c1. The molecule has 0 atom stereocenters. The molecule has 0 aliphatic rings. The number of methoxy groups -OCH3 is 2. The third kappa shape index (κ3) is 3.41. The van der Waals surface area contributed by atoms with Crippen LogP contribution in [-0.2, 0) is 12.8 Å². The monoisotopic (exact) mass is 340 g/mol. The van der Waals surface area contributed by atoms with Gasteiger partial charge in [-0.15, -0.1) is 0 Å². The first kappa shape index (κ1) is 16.5. The smallest absolute Gasteiger partial charge is 0.168 e. The first-order chi connectivity index (χ1) is 11.7. The van der Waals surface area contributed by atoms with Crippen LogP contribution in [0, 0.1) is 0 Å². The van der Waals surface area contributed by atoms with Crippen LogP contribution in [0.25, 0.3) is 11.3 Å². The van der Waals surface area contributed by atoms with Crippen LogP contribution in [0.2, 0.25) is 0 Å². The van der Waals surface area contributed by atoms with Crippen LogP contribution >= 0.6 is 11.8 Å². The third-order valence-electron chi connectivity index (χ3n) is 3.86. The van der Waals surface area contributed by atoms with Crippen LogP contribution in [0.15, 0.2) is 59.9 Å². The quantitative estimate of drug-likeness (QED) is 0.623. The maximum atomic E-state index is 5.44. The Labute approximate surface area is 146 Å². The van der Waals surface area contributed by atoms with Gasteiger partial charge in [-0.2, -0.15) is 0 Å². The van der Waals surface area contributed by atoms with Gasteiger partial charge in [-0.05, 0) is 23.8 Å². The van der Waals surface area contributed by atoms with Crippen molar-refractivity contribution in [2.75, 3.05) is 14.2 Å². The summed E-state index contributed by atoms with van der Waals surface area (Å²) >= 11 is 1.68. The zero-order valence-corrected chi connectivity index (χ0v) is 14.8. The number of hydrogen-bond acceptors (Lipinski definition) is 4. The average molecular weight is 340 g/mol. The standard InChI is InChI=1S/C19H20N2O2S/c1-21-17(14-7-5-4-6-8-14)12-20-19(21)24-13-15-11-16(22-2)9-10-18(15)23-3/h4-12H,13H2,1-3H3. The molecule has 1 aromatic heterocycles. The number of nitrogens with zero attached hydrogens (tertiary/aromatic N) is 2. The van der Waals surface area contributed by atoms with Gasteiger partial charge in [0, 0.05) is 18.4 Å². The lowest BCUT2D eigenvalue weighted by Gasteiger charge is -2.10. The summed E-state index contributed by atoms with van der Waals surface area (Å²) in [6.45, 7) is 0. The van der Waals surface area contributed by atoms with Crippen LogP contribution in [-0.4, -0.2) is 23.8 Å². The number of ether oxygens (including phenoxy) is 2. The van der Waals surface area contributed by atoms with E-state index in [1.165, 1.54) is 5.56 Å². The largest absolute Gasteiger partial charge is 0.497 e. The summed E-state index contributed by atoms with van der Waals surface area (Å²) in [5.41, 5.74) is 3.36. The number of rotatable bonds is 6. The van der Waals surface area contributed by atoms with Crippen molar-refractivity contribution in [3.8, 4) is 22.8 Å². The number of hydrogen-bond donors (Lipinski definition) is 0. The van der Waals surface area contributed by atoms with Gasteiger partial charge in [-0.1, -0.05) is 42.1 Å². The minimum Gasteiger partial charge on any atom is -0.497 e. The maximum Gasteiger partial charge on any atom is 0.168 e. The van der Waals surface area contributed by atoms with E-state index < -0.39 is 0 Å². The highest BCUT2D eigenvalue weighted by Crippen LogP contribution is 2.31. The van der Waals surface area contributed by atoms with Crippen LogP contribution < -0.4 is 9.47 Å². The molecule has 0 saturated heterocycles. The summed E-state index contributed by atoms with van der Waals surface area (Å²) in [6, 6.07) is 16.1. The molecule has 0 aliphatic carbocycles. The molecule has 124 valence electrons. The van der Waals surface area contributed by atoms with E-state index >= 15 is 0 Å². The van der Waals surface area contributed by atoms with Gasteiger partial charge in [0.15, 0.2) is 5.16 Å². The molecule has 0 saturated carbocycles. The molecule has 0 amide bonds. The van der Waals surface area contributed by atoms with Gasteiger partial charge >= 0.3 is 0 Å². The van der Waals surface area contributed by atoms with Crippen molar-refractivity contribution < 1.29 is 9.47 Å². The lowest BCUT2D eigenvalue weighted by Crippen LogP contribution is -1.96. The minimum atomic E-state index is 0.763. The Hall–Kier alpha value is -2.40. The normalized spacial score (nSPS) is 10.6. The molecule has 1 heterocycles. The zero-order chi connectivity index (χ0) is 16.9. The average Bonchev–Trinajstić information content (AvgIpc) is 3.01. The van der Waals surface area contributed by atoms with Gasteiger partial charge < -0.3 is 14.0 Å². The van der Waals surface area contributed by atoms with Crippen molar-refractivity contribution in [2.24, 2.45) is 7.05 Å². The summed E-state index contributed by atoms with van der Waals surface area (Å²) < 4.78 is 12.9. The lowest BCUT2D eigenvalue weighted by molar-refractivity contribution is 0.400. The fourth-order valence-electron chi connectivity index (χ4n) is 2.54. The van der Waals surface area contributed by atoms with Crippen LogP contribution in [0.4, 0.5) is 0 Å². The van der Waals surface area contributed by atoms with Crippen molar-refractivity contribution in [1.82, 2.24) is 9.55 Å². The van der Waals surface area contributed by atoms with Crippen molar-refractivity contribution in [3.05, 3.63) is 60.3 Å². The molecule has 3 rings (SSSR count). The summed E-state index contributed by atoms with van der Waals surface area (Å²) in [5, 5.41) is 0.971. The molecule has 4 nitrogen and oxygen atoms in total. The van der Waals surface area contributed by atoms with Gasteiger partial charge in [-0.25, -0.2) is 4.98 Å². The first-order valence-corrected chi connectivity index (χ1v) is 8.62. The second kappa shape index (κ2) is 7.45. The Bertz CT molecular complexity index is 815. The molecule has 3 aromatic rings. The summed E-state index contributed by atoms with van der Waals surface area (Å²) in [5.74, 6) is 2.46. The molecule has 0 N–H and O–H groups in total. The molecule has 0 bridgehead atoms. The lowest BCUT2D eigenvalue weighted by atomic mass is 10.2. The Morgan fingerprint density at radius 1 is 1.04 bits per heavy atom. The van der Waals surface area contributed by atoms with E-state index in [0.29, 0.717) is 0 Å². The Morgan fingerprint density at radius 3 is 2.54 bits per heavy atom. The van der Waals surface area contributed by atoms with E-state index in [0.717, 1.165) is 33.7 Å². The minimum absolute atomic E-state index is 0.763. The molecule has 0 radical (unpaired) electrons. The van der Waals surface area contributed by atoms with Gasteiger partial charge in [0.2, 0.25) is 0 Å². The molecule has 0 unspecified atom stereocenters. The Balaban J connectivity index is 1.80. The number of thioether (sulfide) groups is 1. The molecule has 0 fully saturated rings. The second-order valence-corrected chi connectivity index (χ2v) is 6.26. The topological polar surface area (TPSA) is 36.3 Å². The fraction of sp³-hybridized carbons (Fsp3) is 0.211. The summed E-state index contributed by atoms with van der Waals surface area (Å²) in [6.07, 6.45) is 1.92. The number of imidazole rings is 1. The van der Waals surface area contributed by atoms with Crippen molar-refractivity contribution in [3.63, 3.8) is 0 Å². The fourth-order valence-corrected chi connectivity index (χ4v) is 3.47. The van der Waals surface area contributed by atoms with Crippen LogP contribution in [0.1, 0.15) is 5.56 Å². The maximum absolute atomic E-state index is 5.44. The van der Waals surface area contributed by atoms with Gasteiger partial charge in [-0.3, -0.25) is 0 Å². The first-order valence-electron chi connectivity index (χ1n) is 7.63. The molecule has 2 aromatic carbocycles. The van der Waals surface area contributed by atoms with E-state index in [-0.39, 0.29) is 0 Å². The Kier molecular flexibility index (Phi) is 5.11. The summed E-state index contributed by atoms with van der Waals surface area (Å²) in [4.78, 5) is 4.56. The van der Waals surface area contributed by atoms with E-state index in [1.807, 2.05) is 49.6 Å². The van der Waals surface area contributed by atoms with Crippen molar-refractivity contribution in [1.29, 1.82) is 0 Å². The van der Waals surface area contributed by atoms with Crippen LogP contribution in [0.5, 0.6) is 11.5 Å². The highest BCUT2D eigenvalue weighted by Gasteiger charge is 2.11. The molecular weight excluding hydrogens is 320 g/mol. The number of aromatic nitrogens is 2. The molecule has 0 spiro atoms. The highest BCUT2D eigenvalue weighted by atomic mass is 32.2. The van der Waals surface area contributed by atoms with E-state index in [2.05, 4.69) is 21.7 Å². The Morgan fingerprint density at radius 2 is 1.83 bits per heavy atom. The van der Waals surface area contributed by atoms with Gasteiger partial charge in [0.25, 0.3) is 0 Å². The van der Waals surface area contributed by atoms with E-state index in [9.17, 15) is 0 Å². The van der Waals surface area contributed by atoms with E-state index in [4.69, 9.17) is 9.47 Å². The van der Waals surface area contributed by atoms with Crippen molar-refractivity contribution in [2.45, 2.75) is 10.9 Å². The zero-order valence-electron chi connectivity index (χ0n) is 14.0. The molecule has 24 heavy (non-hydrogen) atoms. The summed E-state index contributed by atoms with van der Waals surface area (Å²) in [7, 11) is 5.40. The molecular formula is C19H20N2O2S.